The maximum absolute atomic E-state index is 5.45. The Balaban J connectivity index is 1.72. The molecule has 0 spiro atoms. The molecule has 1 saturated carbocycles. The van der Waals surface area contributed by atoms with Gasteiger partial charge in [0.15, 0.2) is 0 Å². The molecule has 16 heavy (non-hydrogen) atoms. The van der Waals surface area contributed by atoms with E-state index < -0.39 is 0 Å². The van der Waals surface area contributed by atoms with E-state index >= 15 is 0 Å². The molecular formula is C13H20N2O. The summed E-state index contributed by atoms with van der Waals surface area (Å²) in [5.41, 5.74) is 1.29. The summed E-state index contributed by atoms with van der Waals surface area (Å²) in [5, 5.41) is 3.58. The lowest BCUT2D eigenvalue weighted by molar-refractivity contribution is 0.0854. The maximum Gasteiger partial charge on any atom is 0.0724 e. The van der Waals surface area contributed by atoms with Gasteiger partial charge < -0.3 is 10.1 Å². The van der Waals surface area contributed by atoms with Crippen molar-refractivity contribution in [2.45, 2.75) is 37.8 Å². The molecular weight excluding hydrogens is 200 g/mol. The van der Waals surface area contributed by atoms with Gasteiger partial charge in [-0.15, -0.1) is 0 Å². The van der Waals surface area contributed by atoms with E-state index in [0.717, 1.165) is 13.0 Å². The van der Waals surface area contributed by atoms with Gasteiger partial charge in [0, 0.05) is 25.5 Å². The number of pyridine rings is 1. The number of methoxy groups -OCH3 is 1. The molecule has 3 nitrogen and oxygen atoms in total. The molecule has 2 rings (SSSR count). The van der Waals surface area contributed by atoms with E-state index in [0.29, 0.717) is 12.1 Å². The lowest BCUT2D eigenvalue weighted by Crippen LogP contribution is -2.37. The Morgan fingerprint density at radius 2 is 2.44 bits per heavy atom. The van der Waals surface area contributed by atoms with E-state index in [1.54, 1.807) is 0 Å². The van der Waals surface area contributed by atoms with Crippen LogP contribution >= 0.6 is 0 Å². The minimum atomic E-state index is 0.411. The van der Waals surface area contributed by atoms with Crippen LogP contribution in [-0.2, 0) is 11.2 Å². The Bertz CT molecular complexity index is 302. The summed E-state index contributed by atoms with van der Waals surface area (Å²) < 4.78 is 5.45. The van der Waals surface area contributed by atoms with Crippen molar-refractivity contribution in [3.05, 3.63) is 30.1 Å². The highest BCUT2D eigenvalue weighted by Gasteiger charge is 2.25. The van der Waals surface area contributed by atoms with Crippen molar-refractivity contribution in [1.29, 1.82) is 0 Å². The fraction of sp³-hybridized carbons (Fsp3) is 0.615. The van der Waals surface area contributed by atoms with E-state index in [1.807, 2.05) is 25.6 Å². The van der Waals surface area contributed by atoms with Crippen molar-refractivity contribution in [1.82, 2.24) is 10.3 Å². The predicted molar refractivity (Wildman–Crippen MR) is 64.4 cm³/mol. The number of rotatable bonds is 5. The highest BCUT2D eigenvalue weighted by Crippen LogP contribution is 2.21. The zero-order valence-electron chi connectivity index (χ0n) is 9.86. The molecule has 1 aliphatic carbocycles. The third kappa shape index (κ3) is 3.03. The molecule has 88 valence electrons. The van der Waals surface area contributed by atoms with Gasteiger partial charge in [-0.05, 0) is 43.9 Å². The van der Waals surface area contributed by atoms with Crippen LogP contribution in [0.4, 0.5) is 0 Å². The third-order valence-electron chi connectivity index (χ3n) is 3.30. The van der Waals surface area contributed by atoms with Crippen LogP contribution in [-0.4, -0.2) is 30.8 Å². The molecule has 0 amide bonds. The molecule has 1 aromatic heterocycles. The topological polar surface area (TPSA) is 34.1 Å². The molecule has 1 N–H and O–H groups in total. The second-order valence-corrected chi connectivity index (χ2v) is 4.38. The fourth-order valence-corrected chi connectivity index (χ4v) is 2.39. The van der Waals surface area contributed by atoms with E-state index in [-0.39, 0.29) is 0 Å². The summed E-state index contributed by atoms with van der Waals surface area (Å²) in [6.07, 6.45) is 8.92. The Morgan fingerprint density at radius 1 is 1.50 bits per heavy atom. The van der Waals surface area contributed by atoms with Crippen molar-refractivity contribution in [2.75, 3.05) is 13.7 Å². The normalized spacial score (nSPS) is 24.8. The monoisotopic (exact) mass is 220 g/mol. The first-order valence-corrected chi connectivity index (χ1v) is 6.05. The first-order valence-electron chi connectivity index (χ1n) is 6.05. The molecule has 2 unspecified atom stereocenters. The molecule has 3 heteroatoms. The number of nitrogens with zero attached hydrogens (tertiary/aromatic N) is 1. The number of hydrogen-bond acceptors (Lipinski definition) is 3. The highest BCUT2D eigenvalue weighted by atomic mass is 16.5. The van der Waals surface area contributed by atoms with Gasteiger partial charge in [0.2, 0.25) is 0 Å². The zero-order valence-corrected chi connectivity index (χ0v) is 9.86. The molecule has 2 atom stereocenters. The van der Waals surface area contributed by atoms with Crippen molar-refractivity contribution >= 4 is 0 Å². The molecule has 0 saturated heterocycles. The van der Waals surface area contributed by atoms with Gasteiger partial charge in [-0.3, -0.25) is 4.98 Å². The van der Waals surface area contributed by atoms with E-state index in [2.05, 4.69) is 16.4 Å². The maximum atomic E-state index is 5.45. The number of ether oxygens (including phenoxy) is 1. The minimum absolute atomic E-state index is 0.411. The quantitative estimate of drug-likeness (QED) is 0.821. The van der Waals surface area contributed by atoms with Gasteiger partial charge in [-0.2, -0.15) is 0 Å². The molecule has 1 aromatic rings. The van der Waals surface area contributed by atoms with Crippen LogP contribution in [0.2, 0.25) is 0 Å². The molecule has 0 radical (unpaired) electrons. The number of hydrogen-bond donors (Lipinski definition) is 1. The van der Waals surface area contributed by atoms with Gasteiger partial charge >= 0.3 is 0 Å². The summed E-state index contributed by atoms with van der Waals surface area (Å²) in [7, 11) is 1.81. The minimum Gasteiger partial charge on any atom is -0.380 e. The Morgan fingerprint density at radius 3 is 3.19 bits per heavy atom. The van der Waals surface area contributed by atoms with Crippen LogP contribution in [0.1, 0.15) is 24.8 Å². The smallest absolute Gasteiger partial charge is 0.0724 e. The average molecular weight is 220 g/mol. The summed E-state index contributed by atoms with van der Waals surface area (Å²) in [6.45, 7) is 1.01. The average Bonchev–Trinajstić information content (AvgIpc) is 2.78. The Kier molecular flexibility index (Phi) is 4.31. The molecule has 0 aliphatic heterocycles. The molecule has 0 aromatic carbocycles. The molecule has 1 heterocycles. The summed E-state index contributed by atoms with van der Waals surface area (Å²) in [5.74, 6) is 0. The van der Waals surface area contributed by atoms with E-state index in [4.69, 9.17) is 4.74 Å². The summed E-state index contributed by atoms with van der Waals surface area (Å²) in [4.78, 5) is 4.11. The number of nitrogens with one attached hydrogen (secondary N) is 1. The number of aromatic nitrogens is 1. The first-order chi connectivity index (χ1) is 7.90. The summed E-state index contributed by atoms with van der Waals surface area (Å²) >= 11 is 0. The van der Waals surface area contributed by atoms with E-state index in [9.17, 15) is 0 Å². The van der Waals surface area contributed by atoms with Crippen LogP contribution in [0.15, 0.2) is 24.5 Å². The van der Waals surface area contributed by atoms with Crippen molar-refractivity contribution < 1.29 is 4.74 Å². The SMILES string of the molecule is COC1CCCC1NCCc1cccnc1. The Hall–Kier alpha value is -0.930. The largest absolute Gasteiger partial charge is 0.380 e. The molecule has 1 aliphatic rings. The predicted octanol–water partition coefficient (Wildman–Crippen LogP) is 1.78. The van der Waals surface area contributed by atoms with Crippen LogP contribution < -0.4 is 5.32 Å². The Labute approximate surface area is 97.2 Å². The van der Waals surface area contributed by atoms with Gasteiger partial charge in [-0.25, -0.2) is 0 Å². The van der Waals surface area contributed by atoms with Gasteiger partial charge in [0.25, 0.3) is 0 Å². The van der Waals surface area contributed by atoms with Crippen molar-refractivity contribution in [3.63, 3.8) is 0 Å². The standard InChI is InChI=1S/C13H20N2O/c1-16-13-6-2-5-12(13)15-9-7-11-4-3-8-14-10-11/h3-4,8,10,12-13,15H,2,5-7,9H2,1H3. The highest BCUT2D eigenvalue weighted by molar-refractivity contribution is 5.08. The third-order valence-corrected chi connectivity index (χ3v) is 3.30. The van der Waals surface area contributed by atoms with Crippen LogP contribution in [0, 0.1) is 0 Å². The van der Waals surface area contributed by atoms with Gasteiger partial charge in [0.1, 0.15) is 0 Å². The molecule has 1 fully saturated rings. The van der Waals surface area contributed by atoms with Crippen molar-refractivity contribution in [3.8, 4) is 0 Å². The second-order valence-electron chi connectivity index (χ2n) is 4.38. The van der Waals surface area contributed by atoms with Crippen molar-refractivity contribution in [2.24, 2.45) is 0 Å². The van der Waals surface area contributed by atoms with E-state index in [1.165, 1.54) is 24.8 Å². The lowest BCUT2D eigenvalue weighted by atomic mass is 10.2. The zero-order chi connectivity index (χ0) is 11.2. The molecule has 0 bridgehead atoms. The lowest BCUT2D eigenvalue weighted by Gasteiger charge is -2.19. The summed E-state index contributed by atoms with van der Waals surface area (Å²) in [6, 6.07) is 4.65. The first kappa shape index (κ1) is 11.6. The van der Waals surface area contributed by atoms with Gasteiger partial charge in [-0.1, -0.05) is 6.07 Å². The van der Waals surface area contributed by atoms with Crippen LogP contribution in [0.25, 0.3) is 0 Å². The van der Waals surface area contributed by atoms with Crippen LogP contribution in [0.5, 0.6) is 0 Å². The fourth-order valence-electron chi connectivity index (χ4n) is 2.39. The van der Waals surface area contributed by atoms with Crippen LogP contribution in [0.3, 0.4) is 0 Å². The second kappa shape index (κ2) is 5.97. The van der Waals surface area contributed by atoms with Gasteiger partial charge in [0.05, 0.1) is 6.10 Å².